The second kappa shape index (κ2) is 7.31. The number of nitrogens with zero attached hydrogens (tertiary/aromatic N) is 3. The van der Waals surface area contributed by atoms with E-state index in [2.05, 4.69) is 10.2 Å². The van der Waals surface area contributed by atoms with Gasteiger partial charge in [0.2, 0.25) is 10.0 Å². The van der Waals surface area contributed by atoms with Crippen molar-refractivity contribution in [2.75, 3.05) is 19.3 Å². The monoisotopic (exact) mass is 468 g/mol. The van der Waals surface area contributed by atoms with Gasteiger partial charge in [-0.25, -0.2) is 8.42 Å². The van der Waals surface area contributed by atoms with Crippen LogP contribution in [-0.2, 0) is 29.3 Å². The predicted molar refractivity (Wildman–Crippen MR) is 109 cm³/mol. The molecule has 1 saturated heterocycles. The minimum atomic E-state index is -4.38. The molecule has 0 unspecified atom stereocenters. The molecule has 1 N–H and O–H groups in total. The number of H-pyrrole nitrogens is 1. The van der Waals surface area contributed by atoms with Gasteiger partial charge in [0.25, 0.3) is 5.91 Å². The lowest BCUT2D eigenvalue weighted by atomic mass is 9.91. The molecule has 11 heteroatoms. The highest BCUT2D eigenvalue weighted by molar-refractivity contribution is 7.88. The molecule has 2 fully saturated rings. The van der Waals surface area contributed by atoms with Crippen LogP contribution in [0, 0.1) is 11.8 Å². The van der Waals surface area contributed by atoms with Crippen molar-refractivity contribution in [1.29, 1.82) is 0 Å². The third-order valence-electron chi connectivity index (χ3n) is 7.04. The molecule has 2 aromatic rings. The number of halogens is 3. The highest BCUT2D eigenvalue weighted by Crippen LogP contribution is 2.49. The van der Waals surface area contributed by atoms with Gasteiger partial charge in [0.1, 0.15) is 0 Å². The summed E-state index contributed by atoms with van der Waals surface area (Å²) in [6, 6.07) is 5.76. The molecule has 3 aliphatic rings. The summed E-state index contributed by atoms with van der Waals surface area (Å²) in [6.45, 7) is 1.24. The number of aromatic amines is 1. The maximum atomic E-state index is 13.4. The summed E-state index contributed by atoms with van der Waals surface area (Å²) in [4.78, 5) is 14.8. The number of sulfonamides is 1. The fourth-order valence-electron chi connectivity index (χ4n) is 5.50. The third-order valence-corrected chi connectivity index (χ3v) is 8.23. The SMILES string of the molecule is CS(=O)(=O)N1Cc2[nH]nc(C(=O)N3C[C@H]4C[C@H](c5ccccc5C(F)(F)F)C[C@H]4C3)c2C1. The molecule has 172 valence electrons. The van der Waals surface area contributed by atoms with E-state index < -0.39 is 21.8 Å². The van der Waals surface area contributed by atoms with E-state index in [-0.39, 0.29) is 42.4 Å². The lowest BCUT2D eigenvalue weighted by molar-refractivity contribution is -0.138. The van der Waals surface area contributed by atoms with Gasteiger partial charge in [0, 0.05) is 25.2 Å². The second-order valence-electron chi connectivity index (χ2n) is 9.04. The maximum Gasteiger partial charge on any atom is 0.416 e. The Hall–Kier alpha value is -2.40. The molecule has 1 aromatic carbocycles. The van der Waals surface area contributed by atoms with Crippen molar-refractivity contribution in [2.45, 2.75) is 38.0 Å². The summed E-state index contributed by atoms with van der Waals surface area (Å²) < 4.78 is 65.2. The summed E-state index contributed by atoms with van der Waals surface area (Å²) in [5.74, 6) is -0.132. The van der Waals surface area contributed by atoms with E-state index in [9.17, 15) is 26.4 Å². The number of hydrogen-bond acceptors (Lipinski definition) is 4. The summed E-state index contributed by atoms with van der Waals surface area (Å²) in [5, 5.41) is 6.91. The van der Waals surface area contributed by atoms with Crippen molar-refractivity contribution in [3.8, 4) is 0 Å². The molecule has 1 aromatic heterocycles. The molecule has 0 radical (unpaired) electrons. The van der Waals surface area contributed by atoms with E-state index in [1.165, 1.54) is 10.4 Å². The summed E-state index contributed by atoms with van der Waals surface area (Å²) in [6.07, 6.45) is -2.02. The van der Waals surface area contributed by atoms with Crippen LogP contribution in [0.3, 0.4) is 0 Å². The number of benzene rings is 1. The van der Waals surface area contributed by atoms with Crippen LogP contribution in [0.25, 0.3) is 0 Å². The van der Waals surface area contributed by atoms with E-state index in [4.69, 9.17) is 0 Å². The van der Waals surface area contributed by atoms with Crippen molar-refractivity contribution >= 4 is 15.9 Å². The Bertz CT molecular complexity index is 1160. The van der Waals surface area contributed by atoms with Crippen molar-refractivity contribution in [1.82, 2.24) is 19.4 Å². The first-order valence-electron chi connectivity index (χ1n) is 10.5. The van der Waals surface area contributed by atoms with Gasteiger partial charge < -0.3 is 4.90 Å². The smallest absolute Gasteiger partial charge is 0.337 e. The van der Waals surface area contributed by atoms with Gasteiger partial charge in [-0.15, -0.1) is 0 Å². The Morgan fingerprint density at radius 1 is 1.12 bits per heavy atom. The van der Waals surface area contributed by atoms with Gasteiger partial charge >= 0.3 is 6.18 Å². The molecule has 0 spiro atoms. The van der Waals surface area contributed by atoms with E-state index >= 15 is 0 Å². The number of aromatic nitrogens is 2. The van der Waals surface area contributed by atoms with Gasteiger partial charge in [0.05, 0.1) is 24.1 Å². The number of nitrogens with one attached hydrogen (secondary N) is 1. The van der Waals surface area contributed by atoms with Gasteiger partial charge in [-0.05, 0) is 42.2 Å². The molecule has 1 saturated carbocycles. The lowest BCUT2D eigenvalue weighted by Crippen LogP contribution is -2.31. The Balaban J connectivity index is 1.29. The fraction of sp³-hybridized carbons (Fsp3) is 0.524. The Labute approximate surface area is 183 Å². The van der Waals surface area contributed by atoms with Crippen molar-refractivity contribution in [3.63, 3.8) is 0 Å². The first kappa shape index (κ1) is 21.4. The van der Waals surface area contributed by atoms with Crippen LogP contribution in [-0.4, -0.2) is 53.1 Å². The average molecular weight is 469 g/mol. The van der Waals surface area contributed by atoms with E-state index in [0.29, 0.717) is 42.8 Å². The second-order valence-corrected chi connectivity index (χ2v) is 11.0. The third kappa shape index (κ3) is 3.61. The maximum absolute atomic E-state index is 13.4. The predicted octanol–water partition coefficient (Wildman–Crippen LogP) is 2.97. The number of alkyl halides is 3. The normalized spacial score (nSPS) is 25.9. The summed E-state index contributed by atoms with van der Waals surface area (Å²) >= 11 is 0. The van der Waals surface area contributed by atoms with Crippen LogP contribution in [0.15, 0.2) is 24.3 Å². The molecular weight excluding hydrogens is 445 g/mol. The molecule has 2 aliphatic heterocycles. The Morgan fingerprint density at radius 2 is 1.78 bits per heavy atom. The van der Waals surface area contributed by atoms with Gasteiger partial charge in [-0.1, -0.05) is 18.2 Å². The van der Waals surface area contributed by atoms with E-state index in [0.717, 1.165) is 12.3 Å². The first-order valence-corrected chi connectivity index (χ1v) is 12.3. The topological polar surface area (TPSA) is 86.4 Å². The number of amides is 1. The molecule has 3 atom stereocenters. The molecule has 3 heterocycles. The minimum Gasteiger partial charge on any atom is -0.337 e. The summed E-state index contributed by atoms with van der Waals surface area (Å²) in [7, 11) is -3.38. The van der Waals surface area contributed by atoms with Gasteiger partial charge in [-0.3, -0.25) is 9.89 Å². The van der Waals surface area contributed by atoms with Crippen LogP contribution in [0.4, 0.5) is 13.2 Å². The Kier molecular flexibility index (Phi) is 4.90. The lowest BCUT2D eigenvalue weighted by Gasteiger charge is -2.21. The number of carbonyl (C=O) groups is 1. The minimum absolute atomic E-state index is 0.114. The highest BCUT2D eigenvalue weighted by atomic mass is 32.2. The van der Waals surface area contributed by atoms with Crippen molar-refractivity contribution in [3.05, 3.63) is 52.3 Å². The van der Waals surface area contributed by atoms with Crippen molar-refractivity contribution in [2.24, 2.45) is 11.8 Å². The molecular formula is C21H23F3N4O3S. The number of carbonyl (C=O) groups excluding carboxylic acids is 1. The first-order chi connectivity index (χ1) is 15.0. The average Bonchev–Trinajstić information content (AvgIpc) is 3.44. The van der Waals surface area contributed by atoms with E-state index in [1.54, 1.807) is 17.0 Å². The van der Waals surface area contributed by atoms with Crippen LogP contribution < -0.4 is 0 Å². The zero-order valence-electron chi connectivity index (χ0n) is 17.4. The van der Waals surface area contributed by atoms with E-state index in [1.807, 2.05) is 0 Å². The Morgan fingerprint density at radius 3 is 2.41 bits per heavy atom. The number of hydrogen-bond donors (Lipinski definition) is 1. The standard InChI is InChI=1S/C21H23F3N4O3S/c1-32(30,31)28-10-16-18(11-28)25-26-19(16)20(29)27-8-13-6-12(7-14(13)9-27)15-4-2-3-5-17(15)21(22,23)24/h2-5,12-14H,6-11H2,1H3,(H,25,26)/t12-,13+,14-. The molecule has 0 bridgehead atoms. The quantitative estimate of drug-likeness (QED) is 0.751. The number of likely N-dealkylation sites (tertiary alicyclic amines) is 1. The van der Waals surface area contributed by atoms with Crippen LogP contribution in [0.2, 0.25) is 0 Å². The fourth-order valence-corrected chi connectivity index (χ4v) is 6.23. The highest BCUT2D eigenvalue weighted by Gasteiger charge is 2.46. The molecule has 1 amide bonds. The van der Waals surface area contributed by atoms with Crippen LogP contribution in [0.1, 0.15) is 51.6 Å². The largest absolute Gasteiger partial charge is 0.416 e. The van der Waals surface area contributed by atoms with Crippen LogP contribution in [0.5, 0.6) is 0 Å². The zero-order chi connectivity index (χ0) is 22.8. The molecule has 32 heavy (non-hydrogen) atoms. The molecule has 5 rings (SSSR count). The molecule has 1 aliphatic carbocycles. The van der Waals surface area contributed by atoms with Crippen molar-refractivity contribution < 1.29 is 26.4 Å². The number of rotatable bonds is 3. The van der Waals surface area contributed by atoms with Crippen LogP contribution >= 0.6 is 0 Å². The number of fused-ring (bicyclic) bond motifs is 2. The molecule has 7 nitrogen and oxygen atoms in total. The zero-order valence-corrected chi connectivity index (χ0v) is 18.2. The summed E-state index contributed by atoms with van der Waals surface area (Å²) in [5.41, 5.74) is 1.25. The van der Waals surface area contributed by atoms with Gasteiger partial charge in [-0.2, -0.15) is 22.6 Å². The van der Waals surface area contributed by atoms with Gasteiger partial charge in [0.15, 0.2) is 5.69 Å².